The molecule has 0 saturated heterocycles. The Balaban J connectivity index is 1.11. The van der Waals surface area contributed by atoms with Crippen LogP contribution in [0, 0.1) is 5.92 Å². The van der Waals surface area contributed by atoms with Gasteiger partial charge < -0.3 is 4.42 Å². The molecule has 0 N–H and O–H groups in total. The summed E-state index contributed by atoms with van der Waals surface area (Å²) < 4.78 is 6.44. The first-order chi connectivity index (χ1) is 25.2. The normalized spacial score (nSPS) is 14.9. The van der Waals surface area contributed by atoms with Gasteiger partial charge in [0.25, 0.3) is 0 Å². The van der Waals surface area contributed by atoms with Crippen LogP contribution in [0.2, 0.25) is 0 Å². The first kappa shape index (κ1) is 29.3. The number of benzene rings is 6. The molecule has 1 atom stereocenters. The fourth-order valence-electron chi connectivity index (χ4n) is 7.48. The first-order valence-corrected chi connectivity index (χ1v) is 17.4. The molecule has 51 heavy (non-hydrogen) atoms. The van der Waals surface area contributed by atoms with Gasteiger partial charge in [-0.05, 0) is 69.6 Å². The lowest BCUT2D eigenvalue weighted by Crippen LogP contribution is -2.10. The van der Waals surface area contributed by atoms with Crippen LogP contribution < -0.4 is 0 Å². The zero-order chi connectivity index (χ0) is 33.7. The van der Waals surface area contributed by atoms with Gasteiger partial charge in [0.05, 0.1) is 0 Å². The number of aromatic nitrogens is 3. The van der Waals surface area contributed by atoms with Crippen molar-refractivity contribution in [1.29, 1.82) is 0 Å². The highest BCUT2D eigenvalue weighted by Crippen LogP contribution is 2.42. The van der Waals surface area contributed by atoms with E-state index >= 15 is 0 Å². The summed E-state index contributed by atoms with van der Waals surface area (Å²) in [7, 11) is 0. The quantitative estimate of drug-likeness (QED) is 0.185. The van der Waals surface area contributed by atoms with Crippen LogP contribution in [0.3, 0.4) is 0 Å². The van der Waals surface area contributed by atoms with Crippen LogP contribution in [0.15, 0.2) is 168 Å². The Morgan fingerprint density at radius 2 is 1.16 bits per heavy atom. The Morgan fingerprint density at radius 1 is 0.510 bits per heavy atom. The van der Waals surface area contributed by atoms with Gasteiger partial charge in [-0.1, -0.05) is 146 Å². The van der Waals surface area contributed by atoms with E-state index in [1.807, 2.05) is 36.4 Å². The Labute approximate surface area is 295 Å². The maximum atomic E-state index is 6.44. The Hall–Kier alpha value is -6.65. The molecule has 2 heterocycles. The van der Waals surface area contributed by atoms with E-state index in [4.69, 9.17) is 19.4 Å². The van der Waals surface area contributed by atoms with Gasteiger partial charge in [0.2, 0.25) is 0 Å². The molecule has 0 amide bonds. The van der Waals surface area contributed by atoms with Gasteiger partial charge in [0.1, 0.15) is 11.2 Å². The van der Waals surface area contributed by atoms with Crippen LogP contribution in [0.25, 0.3) is 84.2 Å². The smallest absolute Gasteiger partial charge is 0.164 e. The van der Waals surface area contributed by atoms with Crippen molar-refractivity contribution in [2.75, 3.05) is 0 Å². The molecule has 10 rings (SSSR count). The van der Waals surface area contributed by atoms with Gasteiger partial charge in [-0.3, -0.25) is 0 Å². The molecule has 0 spiro atoms. The number of rotatable bonds is 5. The SMILES string of the molecule is C1=CC2CC=C(c3nc(-c4ccccc4)nc(-c4cccc5oc6ccc(-c7ccc(-c8ccccc8)cc7)cc6c45)n3)C=C2c2ccccc21. The highest BCUT2D eigenvalue weighted by molar-refractivity contribution is 6.12. The van der Waals surface area contributed by atoms with Crippen molar-refractivity contribution in [3.63, 3.8) is 0 Å². The molecule has 1 unspecified atom stereocenters. The molecular weight excluding hydrogens is 623 g/mol. The summed E-state index contributed by atoms with van der Waals surface area (Å²) in [4.78, 5) is 15.4. The van der Waals surface area contributed by atoms with Gasteiger partial charge in [0.15, 0.2) is 17.5 Å². The minimum atomic E-state index is 0.341. The number of hydrogen-bond donors (Lipinski definition) is 0. The van der Waals surface area contributed by atoms with Crippen molar-refractivity contribution in [3.05, 3.63) is 181 Å². The zero-order valence-electron chi connectivity index (χ0n) is 27.7. The van der Waals surface area contributed by atoms with Crippen LogP contribution in [0.4, 0.5) is 0 Å². The second-order valence-corrected chi connectivity index (χ2v) is 13.2. The first-order valence-electron chi connectivity index (χ1n) is 17.4. The van der Waals surface area contributed by atoms with Gasteiger partial charge in [-0.15, -0.1) is 0 Å². The molecule has 2 aliphatic carbocycles. The van der Waals surface area contributed by atoms with E-state index in [1.165, 1.54) is 27.8 Å². The third-order valence-electron chi connectivity index (χ3n) is 10.1. The van der Waals surface area contributed by atoms with E-state index in [9.17, 15) is 0 Å². The van der Waals surface area contributed by atoms with E-state index in [0.717, 1.165) is 56.2 Å². The average molecular weight is 654 g/mol. The third-order valence-corrected chi connectivity index (χ3v) is 10.1. The highest BCUT2D eigenvalue weighted by Gasteiger charge is 2.25. The largest absolute Gasteiger partial charge is 0.456 e. The van der Waals surface area contributed by atoms with E-state index in [0.29, 0.717) is 23.4 Å². The number of fused-ring (bicyclic) bond motifs is 6. The molecule has 240 valence electrons. The molecular formula is C47H31N3O. The monoisotopic (exact) mass is 653 g/mol. The predicted octanol–water partition coefficient (Wildman–Crippen LogP) is 12.0. The summed E-state index contributed by atoms with van der Waals surface area (Å²) in [5, 5.41) is 2.02. The van der Waals surface area contributed by atoms with Gasteiger partial charge in [0, 0.05) is 33.4 Å². The summed E-state index contributed by atoms with van der Waals surface area (Å²) >= 11 is 0. The highest BCUT2D eigenvalue weighted by atomic mass is 16.3. The van der Waals surface area contributed by atoms with Crippen molar-refractivity contribution < 1.29 is 4.42 Å². The topological polar surface area (TPSA) is 51.8 Å². The van der Waals surface area contributed by atoms with Crippen molar-refractivity contribution in [1.82, 2.24) is 15.0 Å². The fraction of sp³-hybridized carbons (Fsp3) is 0.0426. The average Bonchev–Trinajstić information content (AvgIpc) is 3.59. The van der Waals surface area contributed by atoms with Crippen LogP contribution in [-0.4, -0.2) is 15.0 Å². The van der Waals surface area contributed by atoms with Crippen LogP contribution >= 0.6 is 0 Å². The predicted molar refractivity (Wildman–Crippen MR) is 208 cm³/mol. The molecule has 0 saturated carbocycles. The van der Waals surface area contributed by atoms with Crippen molar-refractivity contribution in [3.8, 4) is 45.0 Å². The molecule has 6 aromatic carbocycles. The van der Waals surface area contributed by atoms with E-state index < -0.39 is 0 Å². The van der Waals surface area contributed by atoms with Gasteiger partial charge >= 0.3 is 0 Å². The summed E-state index contributed by atoms with van der Waals surface area (Å²) in [5.74, 6) is 2.27. The van der Waals surface area contributed by atoms with Crippen LogP contribution in [-0.2, 0) is 0 Å². The zero-order valence-corrected chi connectivity index (χ0v) is 27.7. The van der Waals surface area contributed by atoms with Crippen LogP contribution in [0.1, 0.15) is 23.4 Å². The van der Waals surface area contributed by atoms with Crippen molar-refractivity contribution in [2.24, 2.45) is 5.92 Å². The lowest BCUT2D eigenvalue weighted by Gasteiger charge is -2.26. The molecule has 0 aliphatic heterocycles. The Bertz CT molecular complexity index is 2700. The molecule has 2 aliphatic rings. The standard InChI is InChI=1S/C47H31N3O/c1-3-10-30(11-4-1)31-18-20-32(21-19-31)36-26-27-42-41(28-36)44-39(16-9-17-43(44)51-42)47-49-45(35-13-5-2-6-14-35)48-46(50-47)37-25-24-34-23-22-33-12-7-8-15-38(33)40(34)29-37/h1-23,25-29,34H,24H2. The summed E-state index contributed by atoms with van der Waals surface area (Å²) in [6.07, 6.45) is 9.99. The summed E-state index contributed by atoms with van der Waals surface area (Å²) in [6, 6.07) is 50.6. The minimum absolute atomic E-state index is 0.341. The Morgan fingerprint density at radius 3 is 1.98 bits per heavy atom. The second-order valence-electron chi connectivity index (χ2n) is 13.2. The number of nitrogens with zero attached hydrogens (tertiary/aromatic N) is 3. The molecule has 4 heteroatoms. The van der Waals surface area contributed by atoms with Crippen molar-refractivity contribution >= 4 is 39.2 Å². The minimum Gasteiger partial charge on any atom is -0.456 e. The lowest BCUT2D eigenvalue weighted by molar-refractivity contribution is 0.669. The van der Waals surface area contributed by atoms with Crippen LogP contribution in [0.5, 0.6) is 0 Å². The molecule has 8 aromatic rings. The van der Waals surface area contributed by atoms with E-state index in [-0.39, 0.29) is 0 Å². The second kappa shape index (κ2) is 12.0. The number of furan rings is 1. The van der Waals surface area contributed by atoms with Gasteiger partial charge in [-0.2, -0.15) is 0 Å². The molecule has 0 bridgehead atoms. The van der Waals surface area contributed by atoms with Crippen molar-refractivity contribution in [2.45, 2.75) is 6.42 Å². The lowest BCUT2D eigenvalue weighted by atomic mass is 9.79. The number of allylic oxidation sites excluding steroid dienone is 5. The fourth-order valence-corrected chi connectivity index (χ4v) is 7.48. The molecule has 2 aromatic heterocycles. The summed E-state index contributed by atoms with van der Waals surface area (Å²) in [5.41, 5.74) is 13.0. The molecule has 0 radical (unpaired) electrons. The third kappa shape index (κ3) is 5.20. The summed E-state index contributed by atoms with van der Waals surface area (Å²) in [6.45, 7) is 0. The molecule has 4 nitrogen and oxygen atoms in total. The Kier molecular flexibility index (Phi) is 6.91. The maximum absolute atomic E-state index is 6.44. The number of hydrogen-bond acceptors (Lipinski definition) is 4. The maximum Gasteiger partial charge on any atom is 0.164 e. The van der Waals surface area contributed by atoms with E-state index in [2.05, 4.69) is 133 Å². The van der Waals surface area contributed by atoms with Gasteiger partial charge in [-0.25, -0.2) is 15.0 Å². The van der Waals surface area contributed by atoms with E-state index in [1.54, 1.807) is 0 Å². The molecule has 0 fully saturated rings.